The second kappa shape index (κ2) is 14.5. The Hall–Kier alpha value is -4.02. The number of aliphatic imine (C=N–C) groups is 1. The maximum Gasteiger partial charge on any atom is 0.280 e. The Bertz CT molecular complexity index is 1250. The van der Waals surface area contributed by atoms with Crippen LogP contribution >= 0.6 is 11.9 Å². The summed E-state index contributed by atoms with van der Waals surface area (Å²) >= 11 is 1.26. The van der Waals surface area contributed by atoms with Gasteiger partial charge < -0.3 is 20.9 Å². The Balaban J connectivity index is 0.000000551. The van der Waals surface area contributed by atoms with Crippen molar-refractivity contribution in [2.75, 3.05) is 21.2 Å². The van der Waals surface area contributed by atoms with Crippen molar-refractivity contribution in [3.05, 3.63) is 47.7 Å². The Morgan fingerprint density at radius 2 is 2.08 bits per heavy atom. The summed E-state index contributed by atoms with van der Waals surface area (Å²) in [5, 5.41) is 7.65. The number of alkyl halides is 2. The first-order valence-corrected chi connectivity index (χ1v) is 11.6. The molecular formula is C24H29F2N7O3S. The van der Waals surface area contributed by atoms with Crippen LogP contribution in [-0.4, -0.2) is 48.3 Å². The molecule has 2 aromatic rings. The zero-order valence-electron chi connectivity index (χ0n) is 20.4. The number of carbonyl (C=O) groups is 1. The summed E-state index contributed by atoms with van der Waals surface area (Å²) < 4.78 is 39.6. The molecule has 0 aromatic carbocycles. The number of ether oxygens (including phenoxy) is 2. The van der Waals surface area contributed by atoms with Crippen molar-refractivity contribution in [2.45, 2.75) is 19.3 Å². The number of pyridine rings is 2. The van der Waals surface area contributed by atoms with Crippen LogP contribution in [0.15, 0.2) is 41.5 Å². The standard InChI is InChI=1S/C17H17F2N5O3.C7H10N2S.H2/c1-22-6-9(5-20)27-15-4-10(12(7-24-15)17(21)25)11-3-13(16(18)19)23-8-14(11)26-2;1-9-10-7(8)5-4-6-2-3-6;/h3-8,16H,20H2,1-2H3,(H2,21,25);6,8-9H,2-3H2,1H3;1H/b9-5+,22-6?;;. The van der Waals surface area contributed by atoms with Crippen molar-refractivity contribution in [2.24, 2.45) is 22.4 Å². The predicted octanol–water partition coefficient (Wildman–Crippen LogP) is 3.56. The smallest absolute Gasteiger partial charge is 0.280 e. The number of halogens is 2. The second-order valence-corrected chi connectivity index (χ2v) is 8.30. The van der Waals surface area contributed by atoms with Crippen molar-refractivity contribution in [1.82, 2.24) is 14.7 Å². The van der Waals surface area contributed by atoms with Crippen LogP contribution in [0.2, 0.25) is 0 Å². The van der Waals surface area contributed by atoms with Crippen LogP contribution in [0, 0.1) is 23.2 Å². The highest BCUT2D eigenvalue weighted by Gasteiger charge is 2.20. The molecule has 1 saturated carbocycles. The average Bonchev–Trinajstić information content (AvgIpc) is 3.72. The summed E-state index contributed by atoms with van der Waals surface area (Å²) in [4.78, 5) is 23.2. The molecule has 0 spiro atoms. The number of aromatic nitrogens is 2. The molecule has 198 valence electrons. The van der Waals surface area contributed by atoms with Crippen LogP contribution < -0.4 is 25.7 Å². The topological polar surface area (TPSA) is 162 Å². The summed E-state index contributed by atoms with van der Waals surface area (Å²) in [5.41, 5.74) is 10.7. The summed E-state index contributed by atoms with van der Waals surface area (Å²) in [7, 11) is 4.66. The van der Waals surface area contributed by atoms with Gasteiger partial charge in [-0.25, -0.2) is 13.8 Å². The SMILES string of the molecule is CN=C/C(=C\N)Oc1cc(-c2cc(C(F)F)ncc2OC)c(C(N)=O)cn1.CNSC(=N)C#CC1CC1.[HH]. The van der Waals surface area contributed by atoms with Gasteiger partial charge in [0.25, 0.3) is 12.3 Å². The number of carbonyl (C=O) groups excluding carboxylic acids is 1. The normalized spacial score (nSPS) is 12.9. The van der Waals surface area contributed by atoms with Gasteiger partial charge in [-0.2, -0.15) is 0 Å². The zero-order valence-corrected chi connectivity index (χ0v) is 21.2. The number of methoxy groups -OCH3 is 1. The minimum atomic E-state index is -2.81. The molecule has 0 bridgehead atoms. The molecule has 1 aliphatic rings. The van der Waals surface area contributed by atoms with Crippen molar-refractivity contribution < 1.29 is 24.5 Å². The first kappa shape index (κ1) is 29.2. The van der Waals surface area contributed by atoms with Crippen molar-refractivity contribution in [3.63, 3.8) is 0 Å². The fourth-order valence-corrected chi connectivity index (χ4v) is 3.05. The number of hydrogen-bond donors (Lipinski definition) is 4. The molecule has 2 aromatic heterocycles. The zero-order chi connectivity index (χ0) is 27.4. The minimum Gasteiger partial charge on any atom is -0.494 e. The van der Waals surface area contributed by atoms with Gasteiger partial charge in [-0.05, 0) is 43.8 Å². The first-order valence-electron chi connectivity index (χ1n) is 10.8. The number of primary amides is 1. The highest BCUT2D eigenvalue weighted by molar-refractivity contribution is 8.12. The van der Waals surface area contributed by atoms with Gasteiger partial charge in [0.2, 0.25) is 5.88 Å². The lowest BCUT2D eigenvalue weighted by atomic mass is 10.0. The number of hydrogen-bond acceptors (Lipinski definition) is 10. The molecule has 1 aliphatic carbocycles. The van der Waals surface area contributed by atoms with Crippen LogP contribution in [0.5, 0.6) is 11.6 Å². The second-order valence-electron chi connectivity index (χ2n) is 7.28. The van der Waals surface area contributed by atoms with Crippen LogP contribution in [0.4, 0.5) is 8.78 Å². The number of nitrogens with one attached hydrogen (secondary N) is 2. The maximum atomic E-state index is 13.1. The number of nitrogens with two attached hydrogens (primary N) is 2. The van der Waals surface area contributed by atoms with Crippen LogP contribution in [0.1, 0.15) is 36.7 Å². The third kappa shape index (κ3) is 9.17. The van der Waals surface area contributed by atoms with Gasteiger partial charge in [0.15, 0.2) is 10.8 Å². The summed E-state index contributed by atoms with van der Waals surface area (Å²) in [6.45, 7) is 0. The predicted molar refractivity (Wildman–Crippen MR) is 142 cm³/mol. The highest BCUT2D eigenvalue weighted by atomic mass is 32.2. The molecule has 1 fully saturated rings. The molecular weight excluding hydrogens is 504 g/mol. The van der Waals surface area contributed by atoms with Gasteiger partial charge in [0, 0.05) is 44.0 Å². The molecule has 0 radical (unpaired) electrons. The lowest BCUT2D eigenvalue weighted by Gasteiger charge is -2.14. The molecule has 0 unspecified atom stereocenters. The number of nitrogens with zero attached hydrogens (tertiary/aromatic N) is 3. The Labute approximate surface area is 219 Å². The third-order valence-corrected chi connectivity index (χ3v) is 5.09. The van der Waals surface area contributed by atoms with E-state index < -0.39 is 18.0 Å². The fraction of sp³-hybridized carbons (Fsp3) is 0.292. The molecule has 0 atom stereocenters. The van der Waals surface area contributed by atoms with Crippen LogP contribution in [-0.2, 0) is 0 Å². The van der Waals surface area contributed by atoms with Crippen molar-refractivity contribution >= 4 is 29.1 Å². The quantitative estimate of drug-likeness (QED) is 0.132. The van der Waals surface area contributed by atoms with E-state index in [9.17, 15) is 13.6 Å². The van der Waals surface area contributed by atoms with Gasteiger partial charge >= 0.3 is 0 Å². The molecule has 3 rings (SSSR count). The lowest BCUT2D eigenvalue weighted by Crippen LogP contribution is -2.14. The minimum absolute atomic E-state index is 0. The van der Waals surface area contributed by atoms with E-state index in [-0.39, 0.29) is 35.5 Å². The van der Waals surface area contributed by atoms with Gasteiger partial charge in [0.05, 0.1) is 25.1 Å². The van der Waals surface area contributed by atoms with E-state index in [4.69, 9.17) is 26.4 Å². The molecule has 6 N–H and O–H groups in total. The van der Waals surface area contributed by atoms with Gasteiger partial charge in [-0.1, -0.05) is 5.92 Å². The van der Waals surface area contributed by atoms with E-state index in [0.29, 0.717) is 11.0 Å². The molecule has 37 heavy (non-hydrogen) atoms. The number of amides is 1. The largest absolute Gasteiger partial charge is 0.494 e. The average molecular weight is 534 g/mol. The number of rotatable bonds is 8. The summed E-state index contributed by atoms with van der Waals surface area (Å²) in [6, 6.07) is 2.47. The Kier molecular flexibility index (Phi) is 11.5. The van der Waals surface area contributed by atoms with E-state index in [1.807, 2.05) is 0 Å². The van der Waals surface area contributed by atoms with Crippen molar-refractivity contribution in [1.29, 1.82) is 5.41 Å². The molecule has 13 heteroatoms. The molecule has 1 amide bonds. The highest BCUT2D eigenvalue weighted by Crippen LogP contribution is 2.35. The van der Waals surface area contributed by atoms with E-state index in [1.54, 1.807) is 7.05 Å². The van der Waals surface area contributed by atoms with E-state index in [1.165, 1.54) is 57.4 Å². The van der Waals surface area contributed by atoms with Crippen molar-refractivity contribution in [3.8, 4) is 34.6 Å². The molecule has 0 saturated heterocycles. The summed E-state index contributed by atoms with van der Waals surface area (Å²) in [5.74, 6) is 5.99. The summed E-state index contributed by atoms with van der Waals surface area (Å²) in [6.07, 6.45) is 4.47. The first-order chi connectivity index (χ1) is 17.7. The van der Waals surface area contributed by atoms with E-state index in [0.717, 1.165) is 18.5 Å². The fourth-order valence-electron chi connectivity index (χ4n) is 2.74. The van der Waals surface area contributed by atoms with Crippen LogP contribution in [0.3, 0.4) is 0 Å². The molecule has 2 heterocycles. The molecule has 0 aliphatic heterocycles. The molecule has 10 nitrogen and oxygen atoms in total. The van der Waals surface area contributed by atoms with Gasteiger partial charge in [-0.3, -0.25) is 24.9 Å². The monoisotopic (exact) mass is 533 g/mol. The van der Waals surface area contributed by atoms with E-state index >= 15 is 0 Å². The maximum absolute atomic E-state index is 13.1. The Morgan fingerprint density at radius 3 is 2.62 bits per heavy atom. The number of allylic oxidation sites excluding steroid dienone is 1. The van der Waals surface area contributed by atoms with Gasteiger partial charge in [-0.15, -0.1) is 0 Å². The Morgan fingerprint density at radius 1 is 1.35 bits per heavy atom. The van der Waals surface area contributed by atoms with Gasteiger partial charge in [0.1, 0.15) is 11.4 Å². The van der Waals surface area contributed by atoms with E-state index in [2.05, 4.69) is 31.5 Å². The third-order valence-electron chi connectivity index (χ3n) is 4.58. The lowest BCUT2D eigenvalue weighted by molar-refractivity contribution is 0.100. The van der Waals surface area contributed by atoms with Crippen LogP contribution in [0.25, 0.3) is 11.1 Å².